The highest BCUT2D eigenvalue weighted by Gasteiger charge is 2.29. The molecule has 0 bridgehead atoms. The molecule has 1 heterocycles. The number of carbonyl (C=O) groups is 3. The smallest absolute Gasteiger partial charge is 0.338 e. The average molecular weight is 594 g/mol. The molecule has 35 heavy (non-hydrogen) atoms. The Morgan fingerprint density at radius 1 is 1.03 bits per heavy atom. The van der Waals surface area contributed by atoms with Crippen LogP contribution >= 0.6 is 69.5 Å². The zero-order valence-corrected chi connectivity index (χ0v) is 22.6. The van der Waals surface area contributed by atoms with E-state index in [1.165, 1.54) is 23.1 Å². The van der Waals surface area contributed by atoms with Gasteiger partial charge in [0, 0.05) is 10.6 Å². The van der Waals surface area contributed by atoms with Crippen molar-refractivity contribution in [3.8, 4) is 0 Å². The molecule has 0 fully saturated rings. The Morgan fingerprint density at radius 3 is 2.26 bits per heavy atom. The molecule has 0 aliphatic heterocycles. The predicted molar refractivity (Wildman–Crippen MR) is 141 cm³/mol. The van der Waals surface area contributed by atoms with Crippen molar-refractivity contribution in [1.29, 1.82) is 0 Å². The van der Waals surface area contributed by atoms with E-state index in [0.29, 0.717) is 22.1 Å². The molecule has 3 N–H and O–H groups in total. The van der Waals surface area contributed by atoms with E-state index in [-0.39, 0.29) is 21.0 Å². The summed E-state index contributed by atoms with van der Waals surface area (Å²) in [7, 11) is 0. The molecule has 0 spiro atoms. The molecule has 0 saturated carbocycles. The number of nitrogens with one attached hydrogen (secondary N) is 2. The van der Waals surface area contributed by atoms with Gasteiger partial charge in [-0.1, -0.05) is 70.7 Å². The van der Waals surface area contributed by atoms with E-state index < -0.39 is 33.3 Å². The van der Waals surface area contributed by atoms with Gasteiger partial charge in [-0.3, -0.25) is 14.9 Å². The van der Waals surface area contributed by atoms with Crippen molar-refractivity contribution in [1.82, 2.24) is 10.2 Å². The van der Waals surface area contributed by atoms with E-state index in [1.54, 1.807) is 31.2 Å². The summed E-state index contributed by atoms with van der Waals surface area (Å²) >= 11 is 26.7. The molecule has 8 nitrogen and oxygen atoms in total. The van der Waals surface area contributed by atoms with Crippen LogP contribution in [0.25, 0.3) is 0 Å². The molecule has 2 amide bonds. The lowest BCUT2D eigenvalue weighted by molar-refractivity contribution is -0.115. The fourth-order valence-electron chi connectivity index (χ4n) is 2.91. The van der Waals surface area contributed by atoms with Gasteiger partial charge in [-0.2, -0.15) is 0 Å². The summed E-state index contributed by atoms with van der Waals surface area (Å²) in [5, 5.41) is 22.2. The second kappa shape index (κ2) is 11.8. The maximum Gasteiger partial charge on any atom is 0.338 e. The molecular weight excluding hydrogens is 578 g/mol. The van der Waals surface area contributed by atoms with Crippen LogP contribution in [0, 0.1) is 6.92 Å². The van der Waals surface area contributed by atoms with Gasteiger partial charge in [0.05, 0.1) is 36.5 Å². The number of carboxylic acid groups (broad SMARTS) is 1. The normalized spacial score (nSPS) is 11.7. The highest BCUT2D eigenvalue weighted by Crippen LogP contribution is 2.42. The summed E-state index contributed by atoms with van der Waals surface area (Å²) in [5.41, 5.74) is -0.650. The molecule has 1 aromatic heterocycles. The fraction of sp³-hybridized carbons (Fsp3) is 0.190. The molecule has 3 rings (SSSR count). The van der Waals surface area contributed by atoms with Crippen LogP contribution in [-0.2, 0) is 4.79 Å². The first-order valence-corrected chi connectivity index (χ1v) is 13.0. The number of rotatable bonds is 8. The lowest BCUT2D eigenvalue weighted by Crippen LogP contribution is -2.24. The van der Waals surface area contributed by atoms with Crippen LogP contribution in [0.15, 0.2) is 29.2 Å². The van der Waals surface area contributed by atoms with Crippen molar-refractivity contribution >= 4 is 98.1 Å². The van der Waals surface area contributed by atoms with Crippen molar-refractivity contribution in [2.45, 2.75) is 30.4 Å². The van der Waals surface area contributed by atoms with E-state index in [1.807, 2.05) is 6.92 Å². The van der Waals surface area contributed by atoms with Gasteiger partial charge in [0.1, 0.15) is 5.01 Å². The Morgan fingerprint density at radius 2 is 1.69 bits per heavy atom. The third-order valence-corrected chi connectivity index (χ3v) is 8.41. The number of amides is 2. The maximum atomic E-state index is 13.0. The number of benzene rings is 2. The van der Waals surface area contributed by atoms with Gasteiger partial charge in [-0.15, -0.1) is 22.0 Å². The largest absolute Gasteiger partial charge is 0.478 e. The third kappa shape index (κ3) is 6.38. The first kappa shape index (κ1) is 27.5. The van der Waals surface area contributed by atoms with Crippen molar-refractivity contribution in [3.05, 3.63) is 60.5 Å². The Labute approximate surface area is 228 Å². The lowest BCUT2D eigenvalue weighted by atomic mass is 10.1. The maximum absolute atomic E-state index is 13.0. The Bertz CT molecular complexity index is 1320. The minimum atomic E-state index is -1.49. The number of anilines is 2. The lowest BCUT2D eigenvalue weighted by Gasteiger charge is -2.16. The summed E-state index contributed by atoms with van der Waals surface area (Å²) in [6.45, 7) is 3.66. The molecule has 184 valence electrons. The van der Waals surface area contributed by atoms with Crippen molar-refractivity contribution in [3.63, 3.8) is 0 Å². The van der Waals surface area contributed by atoms with E-state index in [9.17, 15) is 19.5 Å². The summed E-state index contributed by atoms with van der Waals surface area (Å²) in [4.78, 5) is 38.1. The summed E-state index contributed by atoms with van der Waals surface area (Å²) in [6, 6.07) is 6.69. The molecule has 2 aromatic carbocycles. The van der Waals surface area contributed by atoms with Gasteiger partial charge in [0.2, 0.25) is 11.0 Å². The van der Waals surface area contributed by atoms with E-state index in [4.69, 9.17) is 46.4 Å². The molecular formula is C21H16Cl4N4O4S2. The average Bonchev–Trinajstić information content (AvgIpc) is 3.22. The fourth-order valence-corrected chi connectivity index (χ4v) is 5.53. The zero-order valence-electron chi connectivity index (χ0n) is 18.0. The number of aromatic carboxylic acids is 1. The Hall–Kier alpha value is -2.08. The molecule has 14 heteroatoms. The van der Waals surface area contributed by atoms with Crippen molar-refractivity contribution < 1.29 is 19.5 Å². The molecule has 0 saturated heterocycles. The summed E-state index contributed by atoms with van der Waals surface area (Å²) in [6.07, 6.45) is 0.532. The highest BCUT2D eigenvalue weighted by molar-refractivity contribution is 8.00. The second-order valence-electron chi connectivity index (χ2n) is 6.92. The van der Waals surface area contributed by atoms with E-state index >= 15 is 0 Å². The van der Waals surface area contributed by atoms with Crippen LogP contribution < -0.4 is 10.6 Å². The van der Waals surface area contributed by atoms with Crippen molar-refractivity contribution in [2.24, 2.45) is 0 Å². The number of hydrogen-bond donors (Lipinski definition) is 3. The van der Waals surface area contributed by atoms with Crippen LogP contribution in [0.2, 0.25) is 20.1 Å². The van der Waals surface area contributed by atoms with E-state index in [2.05, 4.69) is 20.8 Å². The monoisotopic (exact) mass is 592 g/mol. The Kier molecular flexibility index (Phi) is 9.25. The standard InChI is InChI=1S/C21H16Cl4N4O4S2/c1-3-11(18(30)27-21-29-28-8(2)34-21)35-10-6-4-5-9(7-10)26-19(31)12-13(20(32)33)15(23)17(25)16(24)14(12)22/h4-7,11H,3H2,1-2H3,(H,26,31)(H,32,33)(H,27,29,30). The van der Waals surface area contributed by atoms with Crippen LogP contribution in [0.3, 0.4) is 0 Å². The number of aromatic nitrogens is 2. The van der Waals surface area contributed by atoms with Crippen LogP contribution in [0.5, 0.6) is 0 Å². The molecule has 0 radical (unpaired) electrons. The first-order chi connectivity index (χ1) is 16.5. The summed E-state index contributed by atoms with van der Waals surface area (Å²) < 4.78 is 0. The van der Waals surface area contributed by atoms with Gasteiger partial charge in [-0.25, -0.2) is 4.79 Å². The molecule has 3 aromatic rings. The summed E-state index contributed by atoms with van der Waals surface area (Å²) in [5.74, 6) is -2.56. The second-order valence-corrected chi connectivity index (χ2v) is 10.9. The quantitative estimate of drug-likeness (QED) is 0.147. The van der Waals surface area contributed by atoms with Gasteiger partial charge < -0.3 is 10.4 Å². The van der Waals surface area contributed by atoms with Crippen LogP contribution in [-0.4, -0.2) is 38.3 Å². The van der Waals surface area contributed by atoms with Gasteiger partial charge in [0.15, 0.2) is 0 Å². The van der Waals surface area contributed by atoms with Gasteiger partial charge in [-0.05, 0) is 31.5 Å². The highest BCUT2D eigenvalue weighted by atomic mass is 35.5. The number of aryl methyl sites for hydroxylation is 1. The minimum Gasteiger partial charge on any atom is -0.478 e. The molecule has 0 aliphatic rings. The van der Waals surface area contributed by atoms with Crippen LogP contribution in [0.4, 0.5) is 10.8 Å². The van der Waals surface area contributed by atoms with Crippen LogP contribution in [0.1, 0.15) is 39.1 Å². The number of carbonyl (C=O) groups excluding carboxylic acids is 2. The van der Waals surface area contributed by atoms with Gasteiger partial charge >= 0.3 is 5.97 Å². The number of nitrogens with zero attached hydrogens (tertiary/aromatic N) is 2. The molecule has 1 unspecified atom stereocenters. The number of carboxylic acids is 1. The SMILES string of the molecule is CCC(Sc1cccc(NC(=O)c2c(Cl)c(Cl)c(Cl)c(Cl)c2C(=O)O)c1)C(=O)Nc1nnc(C)s1. The zero-order chi connectivity index (χ0) is 25.9. The third-order valence-electron chi connectivity index (χ3n) is 4.50. The Balaban J connectivity index is 1.81. The predicted octanol–water partition coefficient (Wildman–Crippen LogP) is 6.92. The minimum absolute atomic E-state index is 0.230. The van der Waals surface area contributed by atoms with Gasteiger partial charge in [0.25, 0.3) is 5.91 Å². The topological polar surface area (TPSA) is 121 Å². The molecule has 0 aliphatic carbocycles. The number of halogens is 4. The number of thioether (sulfide) groups is 1. The first-order valence-electron chi connectivity index (χ1n) is 9.81. The van der Waals surface area contributed by atoms with E-state index in [0.717, 1.165) is 5.01 Å². The number of hydrogen-bond acceptors (Lipinski definition) is 7. The van der Waals surface area contributed by atoms with Crippen molar-refractivity contribution in [2.75, 3.05) is 10.6 Å². The molecule has 1 atom stereocenters.